The highest BCUT2D eigenvalue weighted by Crippen LogP contribution is 2.08. The molecule has 1 N–H and O–H groups in total. The van der Waals surface area contributed by atoms with Gasteiger partial charge >= 0.3 is 0 Å². The van der Waals surface area contributed by atoms with Crippen LogP contribution in [-0.2, 0) is 11.2 Å². The molecule has 82 valence electrons. The minimum atomic E-state index is 0.0207. The molecular formula is C13H13NO2. The molecule has 0 fully saturated rings. The van der Waals surface area contributed by atoms with E-state index in [1.807, 2.05) is 36.4 Å². The average Bonchev–Trinajstić information content (AvgIpc) is 2.81. The van der Waals surface area contributed by atoms with E-state index in [9.17, 15) is 4.79 Å². The summed E-state index contributed by atoms with van der Waals surface area (Å²) in [4.78, 5) is 11.6. The molecule has 1 aromatic carbocycles. The third kappa shape index (κ3) is 2.98. The second-order valence-electron chi connectivity index (χ2n) is 3.55. The van der Waals surface area contributed by atoms with E-state index in [0.717, 1.165) is 11.3 Å². The fraction of sp³-hybridized carbons (Fsp3) is 0.154. The van der Waals surface area contributed by atoms with Crippen molar-refractivity contribution in [1.29, 1.82) is 0 Å². The van der Waals surface area contributed by atoms with Crippen molar-refractivity contribution in [3.63, 3.8) is 0 Å². The summed E-state index contributed by atoms with van der Waals surface area (Å²) in [7, 11) is 0. The van der Waals surface area contributed by atoms with Gasteiger partial charge in [-0.1, -0.05) is 18.2 Å². The zero-order chi connectivity index (χ0) is 11.2. The Labute approximate surface area is 94.1 Å². The largest absolute Gasteiger partial charge is 0.472 e. The number of hydrogen-bond donors (Lipinski definition) is 1. The topological polar surface area (TPSA) is 42.2 Å². The summed E-state index contributed by atoms with van der Waals surface area (Å²) in [5, 5.41) is 2.83. The number of rotatable bonds is 4. The summed E-state index contributed by atoms with van der Waals surface area (Å²) < 4.78 is 4.93. The molecule has 0 unspecified atom stereocenters. The van der Waals surface area contributed by atoms with Gasteiger partial charge in [0, 0.05) is 12.1 Å². The number of para-hydroxylation sites is 1. The molecule has 3 nitrogen and oxygen atoms in total. The normalized spacial score (nSPS) is 10.0. The Hall–Kier alpha value is -2.03. The van der Waals surface area contributed by atoms with Crippen molar-refractivity contribution in [2.45, 2.75) is 12.8 Å². The van der Waals surface area contributed by atoms with Crippen LogP contribution in [0, 0.1) is 0 Å². The molecule has 0 aliphatic carbocycles. The molecule has 0 bridgehead atoms. The monoisotopic (exact) mass is 215 g/mol. The van der Waals surface area contributed by atoms with Crippen LogP contribution in [0.5, 0.6) is 0 Å². The van der Waals surface area contributed by atoms with E-state index in [4.69, 9.17) is 4.42 Å². The second kappa shape index (κ2) is 5.16. The maximum absolute atomic E-state index is 11.6. The highest BCUT2D eigenvalue weighted by molar-refractivity contribution is 5.90. The molecular weight excluding hydrogens is 202 g/mol. The standard InChI is InChI=1S/C13H13NO2/c15-13(7-6-11-8-9-16-10-11)14-12-4-2-1-3-5-12/h1-5,8-10H,6-7H2,(H,14,15). The van der Waals surface area contributed by atoms with Gasteiger partial charge in [0.05, 0.1) is 12.5 Å². The summed E-state index contributed by atoms with van der Waals surface area (Å²) in [6, 6.07) is 11.3. The van der Waals surface area contributed by atoms with Gasteiger partial charge in [-0.15, -0.1) is 0 Å². The van der Waals surface area contributed by atoms with E-state index < -0.39 is 0 Å². The molecule has 0 aliphatic heterocycles. The molecule has 0 atom stereocenters. The van der Waals surface area contributed by atoms with E-state index in [-0.39, 0.29) is 5.91 Å². The quantitative estimate of drug-likeness (QED) is 0.852. The van der Waals surface area contributed by atoms with Crippen molar-refractivity contribution in [3.8, 4) is 0 Å². The molecule has 16 heavy (non-hydrogen) atoms. The zero-order valence-electron chi connectivity index (χ0n) is 8.85. The van der Waals surface area contributed by atoms with Gasteiger partial charge in [-0.3, -0.25) is 4.79 Å². The van der Waals surface area contributed by atoms with Crippen LogP contribution < -0.4 is 5.32 Å². The first kappa shape index (κ1) is 10.5. The van der Waals surface area contributed by atoms with E-state index >= 15 is 0 Å². The van der Waals surface area contributed by atoms with E-state index in [0.29, 0.717) is 12.8 Å². The molecule has 0 saturated carbocycles. The van der Waals surface area contributed by atoms with Crippen molar-refractivity contribution >= 4 is 11.6 Å². The second-order valence-corrected chi connectivity index (χ2v) is 3.55. The lowest BCUT2D eigenvalue weighted by Crippen LogP contribution is -2.11. The van der Waals surface area contributed by atoms with Crippen molar-refractivity contribution < 1.29 is 9.21 Å². The lowest BCUT2D eigenvalue weighted by molar-refractivity contribution is -0.116. The number of aryl methyl sites for hydroxylation is 1. The van der Waals surface area contributed by atoms with Gasteiger partial charge in [0.1, 0.15) is 0 Å². The number of carbonyl (C=O) groups excluding carboxylic acids is 1. The predicted molar refractivity (Wildman–Crippen MR) is 62.1 cm³/mol. The molecule has 2 rings (SSSR count). The van der Waals surface area contributed by atoms with Gasteiger partial charge in [0.25, 0.3) is 0 Å². The van der Waals surface area contributed by atoms with E-state index in [1.165, 1.54) is 0 Å². The van der Waals surface area contributed by atoms with Crippen LogP contribution >= 0.6 is 0 Å². The Bertz CT molecular complexity index is 434. The highest BCUT2D eigenvalue weighted by atomic mass is 16.3. The van der Waals surface area contributed by atoms with Crippen molar-refractivity contribution in [2.24, 2.45) is 0 Å². The summed E-state index contributed by atoms with van der Waals surface area (Å²) >= 11 is 0. The smallest absolute Gasteiger partial charge is 0.224 e. The van der Waals surface area contributed by atoms with Crippen LogP contribution in [0.2, 0.25) is 0 Å². The van der Waals surface area contributed by atoms with Crippen LogP contribution in [0.25, 0.3) is 0 Å². The molecule has 0 spiro atoms. The third-order valence-corrected chi connectivity index (χ3v) is 2.28. The van der Waals surface area contributed by atoms with E-state index in [2.05, 4.69) is 5.32 Å². The maximum Gasteiger partial charge on any atom is 0.224 e. The average molecular weight is 215 g/mol. The number of anilines is 1. The Morgan fingerprint density at radius 3 is 2.69 bits per heavy atom. The number of furan rings is 1. The first-order valence-electron chi connectivity index (χ1n) is 5.20. The van der Waals surface area contributed by atoms with Crippen LogP contribution in [0.15, 0.2) is 53.3 Å². The number of nitrogens with one attached hydrogen (secondary N) is 1. The van der Waals surface area contributed by atoms with Crippen molar-refractivity contribution in [1.82, 2.24) is 0 Å². The van der Waals surface area contributed by atoms with E-state index in [1.54, 1.807) is 12.5 Å². The Morgan fingerprint density at radius 2 is 2.00 bits per heavy atom. The minimum absolute atomic E-state index is 0.0207. The van der Waals surface area contributed by atoms with Crippen molar-refractivity contribution in [3.05, 3.63) is 54.5 Å². The summed E-state index contributed by atoms with van der Waals surface area (Å²) in [6.45, 7) is 0. The van der Waals surface area contributed by atoms with Crippen LogP contribution in [-0.4, -0.2) is 5.91 Å². The number of benzene rings is 1. The van der Waals surface area contributed by atoms with Gasteiger partial charge in [0.2, 0.25) is 5.91 Å². The lowest BCUT2D eigenvalue weighted by Gasteiger charge is -2.03. The maximum atomic E-state index is 11.6. The molecule has 0 saturated heterocycles. The minimum Gasteiger partial charge on any atom is -0.472 e. The Balaban J connectivity index is 1.81. The first-order valence-corrected chi connectivity index (χ1v) is 5.20. The van der Waals surface area contributed by atoms with Gasteiger partial charge < -0.3 is 9.73 Å². The fourth-order valence-corrected chi connectivity index (χ4v) is 1.44. The van der Waals surface area contributed by atoms with Crippen LogP contribution in [0.3, 0.4) is 0 Å². The van der Waals surface area contributed by atoms with Gasteiger partial charge in [-0.2, -0.15) is 0 Å². The molecule has 0 aliphatic rings. The fourth-order valence-electron chi connectivity index (χ4n) is 1.44. The zero-order valence-corrected chi connectivity index (χ0v) is 8.85. The molecule has 2 aromatic rings. The molecule has 1 heterocycles. The number of carbonyl (C=O) groups is 1. The molecule has 3 heteroatoms. The SMILES string of the molecule is O=C(CCc1ccoc1)Nc1ccccc1. The number of hydrogen-bond acceptors (Lipinski definition) is 2. The number of amides is 1. The highest BCUT2D eigenvalue weighted by Gasteiger charge is 2.03. The van der Waals surface area contributed by atoms with Gasteiger partial charge in [0.15, 0.2) is 0 Å². The summed E-state index contributed by atoms with van der Waals surface area (Å²) in [6.07, 6.45) is 4.45. The first-order chi connectivity index (χ1) is 7.84. The molecule has 0 radical (unpaired) electrons. The Kier molecular flexibility index (Phi) is 3.38. The van der Waals surface area contributed by atoms with Crippen LogP contribution in [0.1, 0.15) is 12.0 Å². The molecule has 1 aromatic heterocycles. The van der Waals surface area contributed by atoms with Gasteiger partial charge in [-0.05, 0) is 30.2 Å². The van der Waals surface area contributed by atoms with Gasteiger partial charge in [-0.25, -0.2) is 0 Å². The summed E-state index contributed by atoms with van der Waals surface area (Å²) in [5.41, 5.74) is 1.88. The lowest BCUT2D eigenvalue weighted by atomic mass is 10.2. The Morgan fingerprint density at radius 1 is 1.19 bits per heavy atom. The summed E-state index contributed by atoms with van der Waals surface area (Å²) in [5.74, 6) is 0.0207. The third-order valence-electron chi connectivity index (χ3n) is 2.28. The molecule has 1 amide bonds. The predicted octanol–water partition coefficient (Wildman–Crippen LogP) is 2.85. The van der Waals surface area contributed by atoms with Crippen LogP contribution in [0.4, 0.5) is 5.69 Å². The van der Waals surface area contributed by atoms with Crippen molar-refractivity contribution in [2.75, 3.05) is 5.32 Å².